The Labute approximate surface area is 112 Å². The largest absolute Gasteiger partial charge is 0.384 e. The number of hydrogen-bond acceptors (Lipinski definition) is 4. The van der Waals surface area contributed by atoms with E-state index < -0.39 is 0 Å². The molecule has 19 heavy (non-hydrogen) atoms. The lowest BCUT2D eigenvalue weighted by Crippen LogP contribution is -2.62. The quantitative estimate of drug-likeness (QED) is 0.844. The zero-order valence-electron chi connectivity index (χ0n) is 11.2. The van der Waals surface area contributed by atoms with Gasteiger partial charge in [-0.05, 0) is 6.42 Å². The number of carbonyl (C=O) groups is 1. The molecule has 1 N–H and O–H groups in total. The van der Waals surface area contributed by atoms with Gasteiger partial charge in [0.25, 0.3) is 5.91 Å². The standard InChI is InChI=1S/C13H19N3O3/c1-16-5-4-14-12(16)13(17)15-10-8-3-6-19-11(8)9(10)7-18-2/h4-5,8-11H,3,6-7H2,1-2H3,(H,15,17)/t8-,9+,10-,11-/m0/s1. The van der Waals surface area contributed by atoms with Crippen LogP contribution in [0, 0.1) is 11.8 Å². The molecule has 3 rings (SSSR count). The van der Waals surface area contributed by atoms with E-state index in [-0.39, 0.29) is 24.0 Å². The van der Waals surface area contributed by atoms with Gasteiger partial charge in [-0.1, -0.05) is 0 Å². The Morgan fingerprint density at radius 1 is 1.68 bits per heavy atom. The lowest BCUT2D eigenvalue weighted by molar-refractivity contribution is -0.0810. The second-order valence-electron chi connectivity index (χ2n) is 5.27. The van der Waals surface area contributed by atoms with Crippen molar-refractivity contribution < 1.29 is 14.3 Å². The molecular weight excluding hydrogens is 246 g/mol. The van der Waals surface area contributed by atoms with E-state index in [1.54, 1.807) is 24.1 Å². The van der Waals surface area contributed by atoms with Gasteiger partial charge in [-0.25, -0.2) is 4.98 Å². The highest BCUT2D eigenvalue weighted by atomic mass is 16.5. The molecule has 1 aromatic heterocycles. The van der Waals surface area contributed by atoms with E-state index in [9.17, 15) is 4.79 Å². The number of fused-ring (bicyclic) bond motifs is 1. The summed E-state index contributed by atoms with van der Waals surface area (Å²) < 4.78 is 12.6. The van der Waals surface area contributed by atoms with Crippen LogP contribution in [-0.4, -0.2) is 47.9 Å². The Balaban J connectivity index is 1.68. The molecule has 1 saturated heterocycles. The summed E-state index contributed by atoms with van der Waals surface area (Å²) in [7, 11) is 3.50. The molecule has 2 aliphatic rings. The van der Waals surface area contributed by atoms with Crippen LogP contribution >= 0.6 is 0 Å². The third kappa shape index (κ3) is 2.04. The van der Waals surface area contributed by atoms with Crippen LogP contribution in [0.5, 0.6) is 0 Å². The topological polar surface area (TPSA) is 65.4 Å². The van der Waals surface area contributed by atoms with Crippen LogP contribution in [0.4, 0.5) is 0 Å². The molecular formula is C13H19N3O3. The molecule has 0 bridgehead atoms. The minimum Gasteiger partial charge on any atom is -0.384 e. The van der Waals surface area contributed by atoms with Gasteiger partial charge in [0.2, 0.25) is 0 Å². The molecule has 1 aromatic rings. The summed E-state index contributed by atoms with van der Waals surface area (Å²) in [6, 6.07) is 0.136. The molecule has 1 amide bonds. The van der Waals surface area contributed by atoms with Crippen molar-refractivity contribution in [2.45, 2.75) is 18.6 Å². The average Bonchev–Trinajstić information content (AvgIpc) is 2.99. The molecule has 0 unspecified atom stereocenters. The SMILES string of the molecule is COC[C@@H]1[C@@H](NC(=O)c2nccn2C)[C@@H]2CCO[C@H]12. The third-order valence-corrected chi connectivity index (χ3v) is 4.21. The molecule has 4 atom stereocenters. The summed E-state index contributed by atoms with van der Waals surface area (Å²) in [5.74, 6) is 0.994. The van der Waals surface area contributed by atoms with Crippen LogP contribution in [0.15, 0.2) is 12.4 Å². The molecule has 104 valence electrons. The highest BCUT2D eigenvalue weighted by Gasteiger charge is 2.54. The lowest BCUT2D eigenvalue weighted by atomic mass is 9.67. The Morgan fingerprint density at radius 2 is 2.53 bits per heavy atom. The van der Waals surface area contributed by atoms with Crippen molar-refractivity contribution in [1.82, 2.24) is 14.9 Å². The number of rotatable bonds is 4. The number of nitrogens with one attached hydrogen (secondary N) is 1. The number of carbonyl (C=O) groups excluding carboxylic acids is 1. The second-order valence-corrected chi connectivity index (χ2v) is 5.27. The molecule has 1 saturated carbocycles. The second kappa shape index (κ2) is 4.94. The summed E-state index contributed by atoms with van der Waals surface area (Å²) >= 11 is 0. The van der Waals surface area contributed by atoms with Gasteiger partial charge < -0.3 is 19.4 Å². The first-order valence-electron chi connectivity index (χ1n) is 6.61. The van der Waals surface area contributed by atoms with E-state index in [0.717, 1.165) is 13.0 Å². The maximum atomic E-state index is 12.2. The molecule has 6 heteroatoms. The van der Waals surface area contributed by atoms with Crippen LogP contribution < -0.4 is 5.32 Å². The monoisotopic (exact) mass is 265 g/mol. The summed E-state index contributed by atoms with van der Waals surface area (Å²) in [5.41, 5.74) is 0. The van der Waals surface area contributed by atoms with Gasteiger partial charge in [0.05, 0.1) is 12.7 Å². The van der Waals surface area contributed by atoms with Crippen molar-refractivity contribution in [2.24, 2.45) is 18.9 Å². The Hall–Kier alpha value is -1.40. The van der Waals surface area contributed by atoms with Crippen molar-refractivity contribution in [2.75, 3.05) is 20.3 Å². The first-order chi connectivity index (χ1) is 9.22. The van der Waals surface area contributed by atoms with Crippen molar-refractivity contribution in [3.05, 3.63) is 18.2 Å². The fraction of sp³-hybridized carbons (Fsp3) is 0.692. The zero-order valence-corrected chi connectivity index (χ0v) is 11.2. The molecule has 0 radical (unpaired) electrons. The van der Waals surface area contributed by atoms with Crippen molar-refractivity contribution in [1.29, 1.82) is 0 Å². The Kier molecular flexibility index (Phi) is 3.28. The predicted octanol–water partition coefficient (Wildman–Crippen LogP) is 0.200. The summed E-state index contributed by atoms with van der Waals surface area (Å²) in [5, 5.41) is 3.08. The highest BCUT2D eigenvalue weighted by Crippen LogP contribution is 2.43. The van der Waals surface area contributed by atoms with Crippen LogP contribution in [0.1, 0.15) is 17.0 Å². The number of amides is 1. The zero-order chi connectivity index (χ0) is 13.4. The molecule has 2 fully saturated rings. The number of aryl methyl sites for hydroxylation is 1. The first kappa shape index (κ1) is 12.6. The fourth-order valence-electron chi connectivity index (χ4n) is 3.23. The van der Waals surface area contributed by atoms with E-state index in [4.69, 9.17) is 9.47 Å². The molecule has 1 aliphatic carbocycles. The summed E-state index contributed by atoms with van der Waals surface area (Å²) in [6.07, 6.45) is 4.65. The minimum absolute atomic E-state index is 0.121. The smallest absolute Gasteiger partial charge is 0.287 e. The van der Waals surface area contributed by atoms with Gasteiger partial charge >= 0.3 is 0 Å². The van der Waals surface area contributed by atoms with Gasteiger partial charge in [-0.15, -0.1) is 0 Å². The van der Waals surface area contributed by atoms with E-state index in [0.29, 0.717) is 18.3 Å². The van der Waals surface area contributed by atoms with Gasteiger partial charge in [-0.3, -0.25) is 4.79 Å². The van der Waals surface area contributed by atoms with Crippen LogP contribution in [0.2, 0.25) is 0 Å². The number of imidazole rings is 1. The van der Waals surface area contributed by atoms with Crippen molar-refractivity contribution in [3.63, 3.8) is 0 Å². The summed E-state index contributed by atoms with van der Waals surface area (Å²) in [4.78, 5) is 16.3. The van der Waals surface area contributed by atoms with Gasteiger partial charge in [-0.2, -0.15) is 0 Å². The maximum Gasteiger partial charge on any atom is 0.287 e. The normalized spacial score (nSPS) is 32.7. The van der Waals surface area contributed by atoms with E-state index in [2.05, 4.69) is 10.3 Å². The van der Waals surface area contributed by atoms with Crippen LogP contribution in [0.25, 0.3) is 0 Å². The third-order valence-electron chi connectivity index (χ3n) is 4.21. The molecule has 1 aliphatic heterocycles. The Morgan fingerprint density at radius 3 is 3.21 bits per heavy atom. The summed E-state index contributed by atoms with van der Waals surface area (Å²) in [6.45, 7) is 1.40. The lowest BCUT2D eigenvalue weighted by Gasteiger charge is -2.47. The number of methoxy groups -OCH3 is 1. The van der Waals surface area contributed by atoms with Gasteiger partial charge in [0.15, 0.2) is 5.82 Å². The average molecular weight is 265 g/mol. The molecule has 0 spiro atoms. The molecule has 2 heterocycles. The van der Waals surface area contributed by atoms with Gasteiger partial charge in [0.1, 0.15) is 0 Å². The van der Waals surface area contributed by atoms with Crippen molar-refractivity contribution in [3.8, 4) is 0 Å². The van der Waals surface area contributed by atoms with E-state index in [1.165, 1.54) is 0 Å². The fourth-order valence-corrected chi connectivity index (χ4v) is 3.23. The number of hydrogen-bond donors (Lipinski definition) is 1. The highest BCUT2D eigenvalue weighted by molar-refractivity contribution is 5.91. The number of aromatic nitrogens is 2. The van der Waals surface area contributed by atoms with E-state index in [1.807, 2.05) is 7.05 Å². The maximum absolute atomic E-state index is 12.2. The number of ether oxygens (including phenoxy) is 2. The van der Waals surface area contributed by atoms with Crippen LogP contribution in [0.3, 0.4) is 0 Å². The van der Waals surface area contributed by atoms with E-state index >= 15 is 0 Å². The van der Waals surface area contributed by atoms with Crippen molar-refractivity contribution >= 4 is 5.91 Å². The number of nitrogens with zero attached hydrogens (tertiary/aromatic N) is 2. The van der Waals surface area contributed by atoms with Crippen LogP contribution in [-0.2, 0) is 16.5 Å². The predicted molar refractivity (Wildman–Crippen MR) is 67.7 cm³/mol. The molecule has 6 nitrogen and oxygen atoms in total. The Bertz CT molecular complexity index is 473. The minimum atomic E-state index is -0.121. The molecule has 0 aromatic carbocycles. The van der Waals surface area contributed by atoms with Gasteiger partial charge in [0, 0.05) is 51.0 Å². The first-order valence-corrected chi connectivity index (χ1v) is 6.61.